The first-order valence-corrected chi connectivity index (χ1v) is 6.08. The average Bonchev–Trinajstić information content (AvgIpc) is 2.53. The van der Waals surface area contributed by atoms with Crippen LogP contribution < -0.4 is 9.47 Å². The second-order valence-electron chi connectivity index (χ2n) is 4.18. The number of para-hydroxylation sites is 1. The largest absolute Gasteiger partial charge is 0.493 e. The van der Waals surface area contributed by atoms with Gasteiger partial charge >= 0.3 is 0 Å². The highest BCUT2D eigenvalue weighted by atomic mass is 16.6. The van der Waals surface area contributed by atoms with E-state index in [1.54, 1.807) is 18.2 Å². The molecule has 0 radical (unpaired) electrons. The summed E-state index contributed by atoms with van der Waals surface area (Å²) >= 11 is 0. The zero-order valence-electron chi connectivity index (χ0n) is 11.5. The molecule has 0 amide bonds. The lowest BCUT2D eigenvalue weighted by Gasteiger charge is -2.11. The number of nitrogens with zero attached hydrogens (tertiary/aromatic N) is 1. The smallest absolute Gasteiger partial charge is 0.270 e. The summed E-state index contributed by atoms with van der Waals surface area (Å²) in [4.78, 5) is 22.8. The minimum atomic E-state index is -0.542. The highest BCUT2D eigenvalue weighted by Crippen LogP contribution is 2.32. The number of rotatable bonds is 5. The number of non-ortho nitro benzene ring substituents is 1. The number of ketones is 1. The monoisotopic (exact) mass is 287 g/mol. The topological polar surface area (TPSA) is 78.7 Å². The molecule has 2 aromatic carbocycles. The highest BCUT2D eigenvalue weighted by Gasteiger charge is 2.19. The van der Waals surface area contributed by atoms with E-state index in [0.29, 0.717) is 11.5 Å². The van der Waals surface area contributed by atoms with Crippen molar-refractivity contribution in [1.29, 1.82) is 0 Å². The van der Waals surface area contributed by atoms with Crippen LogP contribution in [0.1, 0.15) is 15.9 Å². The average molecular weight is 287 g/mol. The van der Waals surface area contributed by atoms with Gasteiger partial charge in [0.25, 0.3) is 5.69 Å². The molecule has 6 heteroatoms. The number of carbonyl (C=O) groups is 1. The number of carbonyl (C=O) groups excluding carboxylic acids is 1. The van der Waals surface area contributed by atoms with E-state index < -0.39 is 4.92 Å². The van der Waals surface area contributed by atoms with Crippen molar-refractivity contribution in [2.75, 3.05) is 14.2 Å². The maximum absolute atomic E-state index is 12.5. The Morgan fingerprint density at radius 2 is 1.81 bits per heavy atom. The molecule has 0 bridgehead atoms. The molecule has 21 heavy (non-hydrogen) atoms. The highest BCUT2D eigenvalue weighted by molar-refractivity contribution is 6.11. The Labute approximate surface area is 121 Å². The molecule has 0 unspecified atom stereocenters. The van der Waals surface area contributed by atoms with Gasteiger partial charge in [0.2, 0.25) is 0 Å². The van der Waals surface area contributed by atoms with E-state index in [1.807, 2.05) is 0 Å². The van der Waals surface area contributed by atoms with E-state index in [2.05, 4.69) is 0 Å². The zero-order chi connectivity index (χ0) is 15.4. The van der Waals surface area contributed by atoms with Crippen LogP contribution in [0.3, 0.4) is 0 Å². The number of hydrogen-bond acceptors (Lipinski definition) is 5. The Morgan fingerprint density at radius 1 is 1.10 bits per heavy atom. The van der Waals surface area contributed by atoms with E-state index in [0.717, 1.165) is 0 Å². The summed E-state index contributed by atoms with van der Waals surface area (Å²) in [5, 5.41) is 10.8. The Hall–Kier alpha value is -2.89. The third-order valence-electron chi connectivity index (χ3n) is 2.97. The van der Waals surface area contributed by atoms with Gasteiger partial charge in [0.1, 0.15) is 0 Å². The number of hydrogen-bond donors (Lipinski definition) is 0. The first kappa shape index (κ1) is 14.5. The van der Waals surface area contributed by atoms with E-state index >= 15 is 0 Å². The first-order chi connectivity index (χ1) is 10.1. The summed E-state index contributed by atoms with van der Waals surface area (Å²) in [6, 6.07) is 10.5. The molecule has 0 saturated carbocycles. The summed E-state index contributed by atoms with van der Waals surface area (Å²) in [5.41, 5.74) is 0.371. The Kier molecular flexibility index (Phi) is 4.18. The number of benzene rings is 2. The maximum atomic E-state index is 12.5. The Bertz CT molecular complexity index is 696. The van der Waals surface area contributed by atoms with Crippen LogP contribution in [0, 0.1) is 10.1 Å². The Balaban J connectivity index is 2.50. The van der Waals surface area contributed by atoms with Crippen LogP contribution in [0.25, 0.3) is 0 Å². The molecular formula is C15H13NO5. The van der Waals surface area contributed by atoms with E-state index in [9.17, 15) is 14.9 Å². The van der Waals surface area contributed by atoms with Crippen LogP contribution in [0.2, 0.25) is 0 Å². The second kappa shape index (κ2) is 6.04. The fourth-order valence-electron chi connectivity index (χ4n) is 1.98. The van der Waals surface area contributed by atoms with Gasteiger partial charge in [0.05, 0.1) is 24.7 Å². The summed E-state index contributed by atoms with van der Waals surface area (Å²) in [5.74, 6) is 0.361. The van der Waals surface area contributed by atoms with Crippen molar-refractivity contribution in [3.05, 3.63) is 63.7 Å². The van der Waals surface area contributed by atoms with E-state index in [1.165, 1.54) is 38.5 Å². The first-order valence-electron chi connectivity index (χ1n) is 6.08. The number of ether oxygens (including phenoxy) is 2. The lowest BCUT2D eigenvalue weighted by atomic mass is 10.0. The zero-order valence-corrected chi connectivity index (χ0v) is 11.5. The van der Waals surface area contributed by atoms with Crippen molar-refractivity contribution >= 4 is 11.5 Å². The van der Waals surface area contributed by atoms with Crippen LogP contribution in [0.5, 0.6) is 11.5 Å². The van der Waals surface area contributed by atoms with Crippen molar-refractivity contribution in [3.63, 3.8) is 0 Å². The molecule has 0 aliphatic heterocycles. The lowest BCUT2D eigenvalue weighted by Crippen LogP contribution is -2.05. The third-order valence-corrected chi connectivity index (χ3v) is 2.97. The molecule has 0 fully saturated rings. The van der Waals surface area contributed by atoms with Gasteiger partial charge in [-0.05, 0) is 12.1 Å². The van der Waals surface area contributed by atoms with Gasteiger partial charge in [0, 0.05) is 17.7 Å². The molecule has 108 valence electrons. The normalized spacial score (nSPS) is 10.0. The Morgan fingerprint density at radius 3 is 2.43 bits per heavy atom. The molecule has 0 heterocycles. The predicted molar refractivity (Wildman–Crippen MR) is 76.1 cm³/mol. The molecule has 0 spiro atoms. The minimum Gasteiger partial charge on any atom is -0.493 e. The van der Waals surface area contributed by atoms with Gasteiger partial charge in [0.15, 0.2) is 17.3 Å². The second-order valence-corrected chi connectivity index (χ2v) is 4.18. The van der Waals surface area contributed by atoms with Crippen molar-refractivity contribution in [2.45, 2.75) is 0 Å². The maximum Gasteiger partial charge on any atom is 0.270 e. The van der Waals surface area contributed by atoms with Crippen LogP contribution in [-0.2, 0) is 0 Å². The fourth-order valence-corrected chi connectivity index (χ4v) is 1.98. The van der Waals surface area contributed by atoms with Gasteiger partial charge in [-0.15, -0.1) is 0 Å². The molecule has 0 aromatic heterocycles. The van der Waals surface area contributed by atoms with Crippen molar-refractivity contribution in [1.82, 2.24) is 0 Å². The standard InChI is InChI=1S/C15H13NO5/c1-20-13-8-4-7-12(15(13)21-2)14(17)10-5-3-6-11(9-10)16(18)19/h3-9H,1-2H3. The molecule has 2 rings (SSSR count). The molecule has 0 aliphatic carbocycles. The number of methoxy groups -OCH3 is 2. The lowest BCUT2D eigenvalue weighted by molar-refractivity contribution is -0.384. The molecule has 6 nitrogen and oxygen atoms in total. The molecule has 0 N–H and O–H groups in total. The van der Waals surface area contributed by atoms with Crippen molar-refractivity contribution in [3.8, 4) is 11.5 Å². The van der Waals surface area contributed by atoms with Gasteiger partial charge in [-0.3, -0.25) is 14.9 Å². The summed E-state index contributed by atoms with van der Waals surface area (Å²) in [6.07, 6.45) is 0. The van der Waals surface area contributed by atoms with Crippen LogP contribution >= 0.6 is 0 Å². The van der Waals surface area contributed by atoms with Gasteiger partial charge in [-0.2, -0.15) is 0 Å². The third kappa shape index (κ3) is 2.84. The molecule has 2 aromatic rings. The van der Waals surface area contributed by atoms with Crippen molar-refractivity contribution in [2.24, 2.45) is 0 Å². The molecular weight excluding hydrogens is 274 g/mol. The fraction of sp³-hybridized carbons (Fsp3) is 0.133. The van der Waals surface area contributed by atoms with Gasteiger partial charge < -0.3 is 9.47 Å². The molecule has 0 saturated heterocycles. The van der Waals surface area contributed by atoms with Crippen LogP contribution in [0.4, 0.5) is 5.69 Å². The van der Waals surface area contributed by atoms with E-state index in [-0.39, 0.29) is 22.6 Å². The summed E-state index contributed by atoms with van der Waals surface area (Å²) in [6.45, 7) is 0. The van der Waals surface area contributed by atoms with E-state index in [4.69, 9.17) is 9.47 Å². The van der Waals surface area contributed by atoms with Crippen LogP contribution in [0.15, 0.2) is 42.5 Å². The molecule has 0 atom stereocenters. The summed E-state index contributed by atoms with van der Waals surface area (Å²) in [7, 11) is 2.90. The SMILES string of the molecule is COc1cccc(C(=O)c2cccc([N+](=O)[O-])c2)c1OC. The van der Waals surface area contributed by atoms with Gasteiger partial charge in [-0.1, -0.05) is 18.2 Å². The number of nitro groups is 1. The minimum absolute atomic E-state index is 0.136. The van der Waals surface area contributed by atoms with Crippen LogP contribution in [-0.4, -0.2) is 24.9 Å². The van der Waals surface area contributed by atoms with Crippen molar-refractivity contribution < 1.29 is 19.2 Å². The summed E-state index contributed by atoms with van der Waals surface area (Å²) < 4.78 is 10.3. The van der Waals surface area contributed by atoms with Gasteiger partial charge in [-0.25, -0.2) is 0 Å². The molecule has 0 aliphatic rings. The predicted octanol–water partition coefficient (Wildman–Crippen LogP) is 2.84. The quantitative estimate of drug-likeness (QED) is 0.480. The number of nitro benzene ring substituents is 1.